The van der Waals surface area contributed by atoms with Gasteiger partial charge in [-0.2, -0.15) is 30.7 Å². The first kappa shape index (κ1) is 14.4. The van der Waals surface area contributed by atoms with Crippen LogP contribution in [0.3, 0.4) is 0 Å². The van der Waals surface area contributed by atoms with Crippen molar-refractivity contribution in [2.24, 2.45) is 5.92 Å². The third-order valence-corrected chi connectivity index (χ3v) is 1.94. The van der Waals surface area contributed by atoms with Gasteiger partial charge < -0.3 is 0 Å². The predicted molar refractivity (Wildman–Crippen MR) is 35.7 cm³/mol. The number of hydrogen-bond acceptors (Lipinski definition) is 0. The Morgan fingerprint density at radius 2 is 1.33 bits per heavy atom. The zero-order valence-electron chi connectivity index (χ0n) is 7.52. The summed E-state index contributed by atoms with van der Waals surface area (Å²) in [5.74, 6) is -13.8. The monoisotopic (exact) mass is 244 g/mol. The van der Waals surface area contributed by atoms with Crippen molar-refractivity contribution in [3.05, 3.63) is 0 Å². The molecule has 0 amide bonds. The molecule has 0 heterocycles. The maximum atomic E-state index is 12.6. The van der Waals surface area contributed by atoms with Crippen LogP contribution in [0.4, 0.5) is 35.1 Å². The van der Waals surface area contributed by atoms with Crippen LogP contribution in [0.1, 0.15) is 13.3 Å². The first-order valence-corrected chi connectivity index (χ1v) is 3.86. The minimum atomic E-state index is -6.35. The average molecular weight is 244 g/mol. The first-order valence-electron chi connectivity index (χ1n) is 3.86. The van der Waals surface area contributed by atoms with Crippen LogP contribution >= 0.6 is 0 Å². The van der Waals surface area contributed by atoms with Gasteiger partial charge in [-0.25, -0.2) is 0 Å². The van der Waals surface area contributed by atoms with Gasteiger partial charge in [0, 0.05) is 5.92 Å². The summed E-state index contributed by atoms with van der Waals surface area (Å²) >= 11 is 0. The van der Waals surface area contributed by atoms with E-state index in [0.29, 0.717) is 6.92 Å². The number of halogens is 8. The fourth-order valence-electron chi connectivity index (χ4n) is 0.843. The molecule has 0 saturated carbocycles. The lowest BCUT2D eigenvalue weighted by atomic mass is 9.94. The van der Waals surface area contributed by atoms with Crippen LogP contribution in [0.15, 0.2) is 0 Å². The van der Waals surface area contributed by atoms with E-state index >= 15 is 0 Å². The molecule has 0 N–H and O–H groups in total. The van der Waals surface area contributed by atoms with Gasteiger partial charge in [-0.1, -0.05) is 6.92 Å². The van der Waals surface area contributed by atoms with Crippen molar-refractivity contribution in [2.75, 3.05) is 6.67 Å². The highest BCUT2D eigenvalue weighted by molar-refractivity contribution is 4.94. The molecule has 0 rings (SSSR count). The molecule has 0 aromatic carbocycles. The quantitative estimate of drug-likeness (QED) is 0.659. The maximum absolute atomic E-state index is 12.6. The minimum Gasteiger partial charge on any atom is -0.251 e. The Kier molecular flexibility index (Phi) is 3.98. The highest BCUT2D eigenvalue weighted by Gasteiger charge is 2.74. The van der Waals surface area contributed by atoms with Crippen molar-refractivity contribution in [3.8, 4) is 0 Å². The van der Waals surface area contributed by atoms with Crippen molar-refractivity contribution in [1.29, 1.82) is 0 Å². The number of alkyl halides is 8. The van der Waals surface area contributed by atoms with E-state index in [1.807, 2.05) is 0 Å². The molecule has 15 heavy (non-hydrogen) atoms. The van der Waals surface area contributed by atoms with Crippen LogP contribution < -0.4 is 0 Å². The highest BCUT2D eigenvalue weighted by atomic mass is 19.4. The van der Waals surface area contributed by atoms with Gasteiger partial charge in [0.2, 0.25) is 0 Å². The zero-order chi connectivity index (χ0) is 12.5. The minimum absolute atomic E-state index is 0.444. The summed E-state index contributed by atoms with van der Waals surface area (Å²) in [5, 5.41) is 0. The van der Waals surface area contributed by atoms with Gasteiger partial charge in [-0.3, -0.25) is 4.39 Å². The van der Waals surface area contributed by atoms with Crippen molar-refractivity contribution >= 4 is 0 Å². The summed E-state index contributed by atoms with van der Waals surface area (Å²) in [7, 11) is 0. The second kappa shape index (κ2) is 4.13. The van der Waals surface area contributed by atoms with Crippen molar-refractivity contribution in [3.63, 3.8) is 0 Å². The Balaban J connectivity index is 5.00. The summed E-state index contributed by atoms with van der Waals surface area (Å²) in [6.07, 6.45) is -7.40. The lowest BCUT2D eigenvalue weighted by Gasteiger charge is -2.31. The van der Waals surface area contributed by atoms with E-state index in [4.69, 9.17) is 0 Å². The lowest BCUT2D eigenvalue weighted by Crippen LogP contribution is -2.55. The Morgan fingerprint density at radius 1 is 0.933 bits per heavy atom. The highest BCUT2D eigenvalue weighted by Crippen LogP contribution is 2.50. The first-order chi connectivity index (χ1) is 6.48. The molecule has 0 aliphatic heterocycles. The molecule has 1 atom stereocenters. The molecule has 0 spiro atoms. The molecule has 1 unspecified atom stereocenters. The SMILES string of the molecule is CC(CCF)C(F)(F)C(F)(F)C(F)(F)F. The average Bonchev–Trinajstić information content (AvgIpc) is 2.02. The zero-order valence-corrected chi connectivity index (χ0v) is 7.52. The molecule has 8 heteroatoms. The van der Waals surface area contributed by atoms with E-state index in [9.17, 15) is 35.1 Å². The fraction of sp³-hybridized carbons (Fsp3) is 1.00. The van der Waals surface area contributed by atoms with E-state index in [0.717, 1.165) is 0 Å². The summed E-state index contributed by atoms with van der Waals surface area (Å²) in [6, 6.07) is 0. The van der Waals surface area contributed by atoms with Gasteiger partial charge in [-0.05, 0) is 6.42 Å². The maximum Gasteiger partial charge on any atom is 0.459 e. The molecule has 0 aromatic heterocycles. The third kappa shape index (κ3) is 2.52. The van der Waals surface area contributed by atoms with Crippen LogP contribution in [0, 0.1) is 5.92 Å². The molecule has 0 aliphatic rings. The smallest absolute Gasteiger partial charge is 0.251 e. The molecule has 0 fully saturated rings. The standard InChI is InChI=1S/C7H8F8/c1-4(2-3-8)5(9,10)6(11,12)7(13,14)15/h4H,2-3H2,1H3. The normalized spacial score (nSPS) is 16.6. The van der Waals surface area contributed by atoms with Crippen LogP contribution in [0.25, 0.3) is 0 Å². The number of rotatable bonds is 4. The Morgan fingerprint density at radius 3 is 1.60 bits per heavy atom. The Hall–Kier alpha value is -0.560. The molecule has 0 nitrogen and oxygen atoms in total. The summed E-state index contributed by atoms with van der Waals surface area (Å²) in [4.78, 5) is 0. The molecular weight excluding hydrogens is 236 g/mol. The topological polar surface area (TPSA) is 0 Å². The molecule has 0 radical (unpaired) electrons. The summed E-state index contributed by atoms with van der Waals surface area (Å²) in [6.45, 7) is -0.941. The second-order valence-corrected chi connectivity index (χ2v) is 3.07. The van der Waals surface area contributed by atoms with Gasteiger partial charge in [0.05, 0.1) is 6.67 Å². The van der Waals surface area contributed by atoms with Gasteiger partial charge >= 0.3 is 18.0 Å². The molecular formula is C7H8F8. The van der Waals surface area contributed by atoms with E-state index in [1.165, 1.54) is 0 Å². The van der Waals surface area contributed by atoms with Gasteiger partial charge in [0.1, 0.15) is 0 Å². The fourth-order valence-corrected chi connectivity index (χ4v) is 0.843. The van der Waals surface area contributed by atoms with Crippen molar-refractivity contribution in [1.82, 2.24) is 0 Å². The van der Waals surface area contributed by atoms with E-state index in [2.05, 4.69) is 0 Å². The van der Waals surface area contributed by atoms with Crippen LogP contribution in [0.2, 0.25) is 0 Å². The van der Waals surface area contributed by atoms with E-state index < -0.39 is 37.0 Å². The van der Waals surface area contributed by atoms with Gasteiger partial charge in [0.15, 0.2) is 0 Å². The van der Waals surface area contributed by atoms with Crippen LogP contribution in [0.5, 0.6) is 0 Å². The molecule has 0 aliphatic carbocycles. The van der Waals surface area contributed by atoms with Crippen LogP contribution in [-0.2, 0) is 0 Å². The predicted octanol–water partition coefficient (Wildman–Crippen LogP) is 3.82. The summed E-state index contributed by atoms with van der Waals surface area (Å²) in [5.41, 5.74) is 0. The molecule has 0 bridgehead atoms. The third-order valence-electron chi connectivity index (χ3n) is 1.94. The molecule has 92 valence electrons. The number of hydrogen-bond donors (Lipinski definition) is 0. The summed E-state index contributed by atoms with van der Waals surface area (Å²) < 4.78 is 96.3. The van der Waals surface area contributed by atoms with Crippen molar-refractivity contribution < 1.29 is 35.1 Å². The van der Waals surface area contributed by atoms with Gasteiger partial charge in [0.25, 0.3) is 0 Å². The Bertz CT molecular complexity index is 206. The van der Waals surface area contributed by atoms with Crippen LogP contribution in [-0.4, -0.2) is 24.7 Å². The van der Waals surface area contributed by atoms with E-state index in [1.54, 1.807) is 0 Å². The van der Waals surface area contributed by atoms with Crippen molar-refractivity contribution in [2.45, 2.75) is 31.4 Å². The largest absolute Gasteiger partial charge is 0.459 e. The second-order valence-electron chi connectivity index (χ2n) is 3.07. The lowest BCUT2D eigenvalue weighted by molar-refractivity contribution is -0.365. The molecule has 0 aromatic rings. The Labute approximate surface area is 80.3 Å². The van der Waals surface area contributed by atoms with E-state index in [-0.39, 0.29) is 0 Å². The van der Waals surface area contributed by atoms with Gasteiger partial charge in [-0.15, -0.1) is 0 Å². The molecule has 0 saturated heterocycles.